The standard InChI is InChI=1S/C16H23NO3/c1-3-18-13-6-5-12-7-8-16(9-10-17-11-16)20-14(12)15(13)19-4-2/h5-6,17H,3-4,7-11H2,1-2H3. The van der Waals surface area contributed by atoms with Crippen molar-refractivity contribution in [1.29, 1.82) is 0 Å². The highest BCUT2D eigenvalue weighted by Crippen LogP contribution is 2.47. The molecule has 20 heavy (non-hydrogen) atoms. The van der Waals surface area contributed by atoms with Crippen LogP contribution in [0.1, 0.15) is 32.3 Å². The van der Waals surface area contributed by atoms with Crippen LogP contribution in [0.4, 0.5) is 0 Å². The molecule has 1 atom stereocenters. The Balaban J connectivity index is 1.98. The van der Waals surface area contributed by atoms with Crippen LogP contribution < -0.4 is 19.5 Å². The molecule has 3 rings (SSSR count). The smallest absolute Gasteiger partial charge is 0.203 e. The molecule has 1 fully saturated rings. The van der Waals surface area contributed by atoms with Crippen molar-refractivity contribution in [2.75, 3.05) is 26.3 Å². The van der Waals surface area contributed by atoms with Gasteiger partial charge in [0.2, 0.25) is 5.75 Å². The summed E-state index contributed by atoms with van der Waals surface area (Å²) in [5.41, 5.74) is 1.18. The van der Waals surface area contributed by atoms with Crippen molar-refractivity contribution in [2.45, 2.75) is 38.7 Å². The van der Waals surface area contributed by atoms with E-state index in [-0.39, 0.29) is 5.60 Å². The third kappa shape index (κ3) is 2.33. The minimum Gasteiger partial charge on any atom is -0.490 e. The molecule has 1 aromatic carbocycles. The van der Waals surface area contributed by atoms with Crippen LogP contribution in [-0.2, 0) is 6.42 Å². The van der Waals surface area contributed by atoms with E-state index in [1.165, 1.54) is 5.56 Å². The van der Waals surface area contributed by atoms with Crippen LogP contribution in [0.3, 0.4) is 0 Å². The molecule has 0 amide bonds. The molecule has 0 aliphatic carbocycles. The lowest BCUT2D eigenvalue weighted by Crippen LogP contribution is -2.41. The monoisotopic (exact) mass is 277 g/mol. The Bertz CT molecular complexity index is 481. The zero-order valence-electron chi connectivity index (χ0n) is 12.3. The summed E-state index contributed by atoms with van der Waals surface area (Å²) in [7, 11) is 0. The molecule has 4 heteroatoms. The molecule has 2 aliphatic heterocycles. The molecular weight excluding hydrogens is 254 g/mol. The Morgan fingerprint density at radius 1 is 1.20 bits per heavy atom. The lowest BCUT2D eigenvalue weighted by atomic mass is 9.90. The molecule has 1 aromatic rings. The van der Waals surface area contributed by atoms with Gasteiger partial charge in [-0.3, -0.25) is 0 Å². The fraction of sp³-hybridized carbons (Fsp3) is 0.625. The second-order valence-electron chi connectivity index (χ2n) is 5.46. The number of nitrogens with one attached hydrogen (secondary N) is 1. The fourth-order valence-corrected chi connectivity index (χ4v) is 3.10. The van der Waals surface area contributed by atoms with Gasteiger partial charge in [-0.15, -0.1) is 0 Å². The Labute approximate surface area is 120 Å². The van der Waals surface area contributed by atoms with Gasteiger partial charge >= 0.3 is 0 Å². The number of benzene rings is 1. The van der Waals surface area contributed by atoms with Gasteiger partial charge in [0.05, 0.1) is 13.2 Å². The molecule has 2 aliphatic rings. The molecule has 110 valence electrons. The summed E-state index contributed by atoms with van der Waals surface area (Å²) in [5.74, 6) is 2.46. The zero-order valence-corrected chi connectivity index (χ0v) is 12.3. The highest BCUT2D eigenvalue weighted by atomic mass is 16.6. The van der Waals surface area contributed by atoms with Crippen LogP contribution in [0.15, 0.2) is 12.1 Å². The lowest BCUT2D eigenvalue weighted by molar-refractivity contribution is 0.0611. The van der Waals surface area contributed by atoms with Crippen molar-refractivity contribution < 1.29 is 14.2 Å². The van der Waals surface area contributed by atoms with E-state index >= 15 is 0 Å². The predicted molar refractivity (Wildman–Crippen MR) is 77.9 cm³/mol. The Morgan fingerprint density at radius 3 is 2.75 bits per heavy atom. The van der Waals surface area contributed by atoms with Crippen LogP contribution in [0.2, 0.25) is 0 Å². The first-order valence-electron chi connectivity index (χ1n) is 7.59. The minimum atomic E-state index is -0.0519. The van der Waals surface area contributed by atoms with E-state index in [9.17, 15) is 0 Å². The Hall–Kier alpha value is -1.42. The van der Waals surface area contributed by atoms with E-state index in [1.807, 2.05) is 19.9 Å². The first-order chi connectivity index (χ1) is 9.78. The molecular formula is C16H23NO3. The highest BCUT2D eigenvalue weighted by Gasteiger charge is 2.40. The third-order valence-electron chi connectivity index (χ3n) is 4.12. The normalized spacial score (nSPS) is 24.3. The third-order valence-corrected chi connectivity index (χ3v) is 4.12. The predicted octanol–water partition coefficient (Wildman–Crippen LogP) is 2.54. The molecule has 0 bridgehead atoms. The topological polar surface area (TPSA) is 39.7 Å². The largest absolute Gasteiger partial charge is 0.490 e. The molecule has 1 saturated heterocycles. The van der Waals surface area contributed by atoms with Gasteiger partial charge in [0, 0.05) is 13.0 Å². The number of hydrogen-bond donors (Lipinski definition) is 1. The van der Waals surface area contributed by atoms with E-state index in [4.69, 9.17) is 14.2 Å². The van der Waals surface area contributed by atoms with E-state index in [0.717, 1.165) is 49.6 Å². The van der Waals surface area contributed by atoms with Gasteiger partial charge in [-0.25, -0.2) is 0 Å². The number of fused-ring (bicyclic) bond motifs is 1. The summed E-state index contributed by atoms with van der Waals surface area (Å²) < 4.78 is 17.9. The Morgan fingerprint density at radius 2 is 2.05 bits per heavy atom. The summed E-state index contributed by atoms with van der Waals surface area (Å²) in [6.07, 6.45) is 3.19. The van der Waals surface area contributed by atoms with Crippen LogP contribution >= 0.6 is 0 Å². The van der Waals surface area contributed by atoms with Gasteiger partial charge < -0.3 is 19.5 Å². The van der Waals surface area contributed by atoms with Gasteiger partial charge in [-0.2, -0.15) is 0 Å². The molecule has 1 N–H and O–H groups in total. The molecule has 2 heterocycles. The summed E-state index contributed by atoms with van der Waals surface area (Å²) >= 11 is 0. The van der Waals surface area contributed by atoms with Gasteiger partial charge in [-0.1, -0.05) is 6.07 Å². The lowest BCUT2D eigenvalue weighted by Gasteiger charge is -2.36. The van der Waals surface area contributed by atoms with Crippen molar-refractivity contribution in [2.24, 2.45) is 0 Å². The Kier molecular flexibility index (Phi) is 3.74. The van der Waals surface area contributed by atoms with Crippen molar-refractivity contribution in [3.63, 3.8) is 0 Å². The summed E-state index contributed by atoms with van der Waals surface area (Å²) in [5, 5.41) is 3.41. The molecule has 1 unspecified atom stereocenters. The maximum Gasteiger partial charge on any atom is 0.203 e. The van der Waals surface area contributed by atoms with Gasteiger partial charge in [0.25, 0.3) is 0 Å². The SMILES string of the molecule is CCOc1ccc2c(c1OCC)OC1(CCNC1)CC2. The van der Waals surface area contributed by atoms with Gasteiger partial charge in [0.1, 0.15) is 5.60 Å². The first-order valence-corrected chi connectivity index (χ1v) is 7.59. The van der Waals surface area contributed by atoms with E-state index in [0.29, 0.717) is 13.2 Å². The van der Waals surface area contributed by atoms with Crippen molar-refractivity contribution >= 4 is 0 Å². The second kappa shape index (κ2) is 5.52. The average Bonchev–Trinajstić information content (AvgIpc) is 2.90. The zero-order chi connectivity index (χ0) is 14.0. The molecule has 4 nitrogen and oxygen atoms in total. The molecule has 0 aromatic heterocycles. The molecule has 0 saturated carbocycles. The summed E-state index contributed by atoms with van der Waals surface area (Å²) in [6.45, 7) is 7.18. The van der Waals surface area contributed by atoms with Crippen molar-refractivity contribution in [3.05, 3.63) is 17.7 Å². The van der Waals surface area contributed by atoms with Crippen LogP contribution in [-0.4, -0.2) is 31.9 Å². The van der Waals surface area contributed by atoms with Crippen molar-refractivity contribution in [3.8, 4) is 17.2 Å². The fourth-order valence-electron chi connectivity index (χ4n) is 3.10. The summed E-state index contributed by atoms with van der Waals surface area (Å²) in [4.78, 5) is 0. The van der Waals surface area contributed by atoms with Gasteiger partial charge in [-0.05, 0) is 44.9 Å². The van der Waals surface area contributed by atoms with E-state index in [1.54, 1.807) is 0 Å². The maximum atomic E-state index is 6.38. The van der Waals surface area contributed by atoms with Crippen LogP contribution in [0.5, 0.6) is 17.2 Å². The van der Waals surface area contributed by atoms with Crippen LogP contribution in [0.25, 0.3) is 0 Å². The second-order valence-corrected chi connectivity index (χ2v) is 5.46. The average molecular weight is 277 g/mol. The molecule has 0 radical (unpaired) electrons. The quantitative estimate of drug-likeness (QED) is 0.918. The number of aryl methyl sites for hydroxylation is 1. The van der Waals surface area contributed by atoms with E-state index in [2.05, 4.69) is 11.4 Å². The first kappa shape index (κ1) is 13.6. The van der Waals surface area contributed by atoms with Crippen molar-refractivity contribution in [1.82, 2.24) is 5.32 Å². The molecule has 1 spiro atoms. The van der Waals surface area contributed by atoms with E-state index < -0.39 is 0 Å². The van der Waals surface area contributed by atoms with Gasteiger partial charge in [0.15, 0.2) is 11.5 Å². The minimum absolute atomic E-state index is 0.0519. The number of ether oxygens (including phenoxy) is 3. The summed E-state index contributed by atoms with van der Waals surface area (Å²) in [6, 6.07) is 4.11. The number of hydrogen-bond acceptors (Lipinski definition) is 4. The number of rotatable bonds is 4. The van der Waals surface area contributed by atoms with Crippen LogP contribution in [0, 0.1) is 0 Å². The maximum absolute atomic E-state index is 6.38. The highest BCUT2D eigenvalue weighted by molar-refractivity contribution is 5.57.